The van der Waals surface area contributed by atoms with Crippen molar-refractivity contribution in [3.63, 3.8) is 0 Å². The number of aromatic nitrogens is 5. The number of benzene rings is 1. The first kappa shape index (κ1) is 21.0. The van der Waals surface area contributed by atoms with Crippen LogP contribution in [0.5, 0.6) is 0 Å². The number of amides is 1. The number of hydrogen-bond donors (Lipinski definition) is 0. The van der Waals surface area contributed by atoms with Crippen molar-refractivity contribution in [2.75, 3.05) is 31.1 Å². The molecule has 4 rings (SSSR count). The van der Waals surface area contributed by atoms with Gasteiger partial charge in [0.2, 0.25) is 0 Å². The van der Waals surface area contributed by atoms with Crippen LogP contribution in [0.2, 0.25) is 0 Å². The van der Waals surface area contributed by atoms with E-state index in [9.17, 15) is 4.79 Å². The van der Waals surface area contributed by atoms with E-state index in [1.165, 1.54) is 0 Å². The molecule has 0 saturated carbocycles. The first-order valence-corrected chi connectivity index (χ1v) is 11.0. The third-order valence-electron chi connectivity index (χ3n) is 5.88. The fraction of sp³-hybridized carbons (Fsp3) is 0.500. The predicted molar refractivity (Wildman–Crippen MR) is 117 cm³/mol. The Morgan fingerprint density at radius 1 is 1.13 bits per heavy atom. The molecule has 3 heterocycles. The molecule has 0 unspecified atom stereocenters. The minimum atomic E-state index is 0.0850. The summed E-state index contributed by atoms with van der Waals surface area (Å²) in [5.41, 5.74) is 2.47. The van der Waals surface area contributed by atoms with E-state index < -0.39 is 0 Å². The summed E-state index contributed by atoms with van der Waals surface area (Å²) >= 11 is 0. The third-order valence-corrected chi connectivity index (χ3v) is 5.88. The highest BCUT2D eigenvalue weighted by molar-refractivity contribution is 5.94. The first-order chi connectivity index (χ1) is 15.1. The van der Waals surface area contributed by atoms with Crippen LogP contribution >= 0.6 is 0 Å². The lowest BCUT2D eigenvalue weighted by Crippen LogP contribution is -2.39. The summed E-state index contributed by atoms with van der Waals surface area (Å²) in [4.78, 5) is 21.4. The van der Waals surface area contributed by atoms with Gasteiger partial charge in [0.25, 0.3) is 11.8 Å². The maximum absolute atomic E-state index is 12.9. The molecule has 0 aliphatic carbocycles. The van der Waals surface area contributed by atoms with Crippen molar-refractivity contribution in [1.29, 1.82) is 0 Å². The summed E-state index contributed by atoms with van der Waals surface area (Å²) in [6, 6.07) is 8.13. The van der Waals surface area contributed by atoms with E-state index in [-0.39, 0.29) is 11.9 Å². The van der Waals surface area contributed by atoms with Gasteiger partial charge in [-0.25, -0.2) is 4.68 Å². The molecule has 0 spiro atoms. The Labute approximate surface area is 182 Å². The quantitative estimate of drug-likeness (QED) is 0.576. The van der Waals surface area contributed by atoms with Crippen molar-refractivity contribution in [3.05, 3.63) is 41.9 Å². The minimum Gasteiger partial charge on any atom is -0.372 e. The number of carbonyl (C=O) groups excluding carboxylic acids is 1. The molecule has 1 fully saturated rings. The number of nitrogens with zero attached hydrogens (tertiary/aromatic N) is 7. The van der Waals surface area contributed by atoms with Gasteiger partial charge >= 0.3 is 0 Å². The largest absolute Gasteiger partial charge is 0.372 e. The van der Waals surface area contributed by atoms with Crippen molar-refractivity contribution in [3.8, 4) is 11.6 Å². The van der Waals surface area contributed by atoms with E-state index in [4.69, 9.17) is 4.52 Å². The van der Waals surface area contributed by atoms with Crippen LogP contribution in [-0.4, -0.2) is 62.1 Å². The molecule has 1 aliphatic heterocycles. The maximum atomic E-state index is 12.9. The summed E-state index contributed by atoms with van der Waals surface area (Å²) in [6.45, 7) is 9.53. The highest BCUT2D eigenvalue weighted by Crippen LogP contribution is 2.25. The van der Waals surface area contributed by atoms with E-state index in [2.05, 4.69) is 39.2 Å². The van der Waals surface area contributed by atoms with E-state index in [1.54, 1.807) is 0 Å². The SMILES string of the molecule is CCc1noc(-c2cn(C3CCN(C(=O)c4ccc(N(CC)CC)cc4)CC3)nn2)n1. The topological polar surface area (TPSA) is 93.2 Å². The van der Waals surface area contributed by atoms with Crippen LogP contribution in [0, 0.1) is 0 Å². The number of piperidine rings is 1. The van der Waals surface area contributed by atoms with E-state index in [1.807, 2.05) is 47.0 Å². The second-order valence-electron chi connectivity index (χ2n) is 7.70. The summed E-state index contributed by atoms with van der Waals surface area (Å²) in [5, 5.41) is 12.3. The van der Waals surface area contributed by atoms with Gasteiger partial charge in [0.05, 0.1) is 12.2 Å². The Bertz CT molecular complexity index is 999. The normalized spacial score (nSPS) is 14.7. The predicted octanol–water partition coefficient (Wildman–Crippen LogP) is 3.21. The molecule has 1 amide bonds. The standard InChI is InChI=1S/C22H29N7O2/c1-4-20-23-21(31-25-20)19-15-29(26-24-19)18-11-13-28(14-12-18)22(30)16-7-9-17(10-8-16)27(5-2)6-3/h7-10,15,18H,4-6,11-14H2,1-3H3. The molecule has 31 heavy (non-hydrogen) atoms. The summed E-state index contributed by atoms with van der Waals surface area (Å²) in [7, 11) is 0. The molecule has 0 atom stereocenters. The van der Waals surface area contributed by atoms with Crippen molar-refractivity contribution >= 4 is 11.6 Å². The molecular weight excluding hydrogens is 394 g/mol. The average molecular weight is 424 g/mol. The van der Waals surface area contributed by atoms with Crippen LogP contribution in [0.4, 0.5) is 5.69 Å². The monoisotopic (exact) mass is 423 g/mol. The van der Waals surface area contributed by atoms with Gasteiger partial charge in [-0.3, -0.25) is 4.79 Å². The lowest BCUT2D eigenvalue weighted by atomic mass is 10.0. The number of likely N-dealkylation sites (tertiary alicyclic amines) is 1. The Balaban J connectivity index is 1.36. The Hall–Kier alpha value is -3.23. The van der Waals surface area contributed by atoms with Gasteiger partial charge in [0.1, 0.15) is 0 Å². The fourth-order valence-corrected chi connectivity index (χ4v) is 3.97. The van der Waals surface area contributed by atoms with Gasteiger partial charge in [-0.15, -0.1) is 5.10 Å². The number of aryl methyl sites for hydroxylation is 1. The third kappa shape index (κ3) is 4.45. The van der Waals surface area contributed by atoms with Crippen LogP contribution in [0.25, 0.3) is 11.6 Å². The van der Waals surface area contributed by atoms with Gasteiger partial charge in [0.15, 0.2) is 11.5 Å². The molecule has 1 aliphatic rings. The van der Waals surface area contributed by atoms with Gasteiger partial charge in [-0.1, -0.05) is 17.3 Å². The molecule has 1 saturated heterocycles. The first-order valence-electron chi connectivity index (χ1n) is 11.0. The van der Waals surface area contributed by atoms with Crippen LogP contribution in [-0.2, 0) is 6.42 Å². The summed E-state index contributed by atoms with van der Waals surface area (Å²) < 4.78 is 7.10. The number of rotatable bonds is 7. The van der Waals surface area contributed by atoms with Crippen LogP contribution in [0.3, 0.4) is 0 Å². The zero-order valence-electron chi connectivity index (χ0n) is 18.4. The molecular formula is C22H29N7O2. The molecule has 1 aromatic carbocycles. The van der Waals surface area contributed by atoms with Gasteiger partial charge in [0, 0.05) is 43.9 Å². The number of hydrogen-bond acceptors (Lipinski definition) is 7. The zero-order valence-corrected chi connectivity index (χ0v) is 18.4. The van der Waals surface area contributed by atoms with Crippen molar-refractivity contribution in [1.82, 2.24) is 30.0 Å². The Morgan fingerprint density at radius 3 is 2.45 bits per heavy atom. The van der Waals surface area contributed by atoms with Crippen molar-refractivity contribution in [2.45, 2.75) is 46.1 Å². The zero-order chi connectivity index (χ0) is 21.8. The smallest absolute Gasteiger partial charge is 0.280 e. The van der Waals surface area contributed by atoms with Gasteiger partial charge in [-0.2, -0.15) is 4.98 Å². The summed E-state index contributed by atoms with van der Waals surface area (Å²) in [5.74, 6) is 1.13. The van der Waals surface area contributed by atoms with Crippen molar-refractivity contribution < 1.29 is 9.32 Å². The molecule has 0 N–H and O–H groups in total. The molecule has 2 aromatic heterocycles. The minimum absolute atomic E-state index is 0.0850. The highest BCUT2D eigenvalue weighted by Gasteiger charge is 2.26. The molecule has 0 bridgehead atoms. The van der Waals surface area contributed by atoms with Crippen LogP contribution in [0.15, 0.2) is 35.0 Å². The second kappa shape index (κ2) is 9.28. The maximum Gasteiger partial charge on any atom is 0.280 e. The van der Waals surface area contributed by atoms with E-state index in [0.717, 1.165) is 37.2 Å². The molecule has 0 radical (unpaired) electrons. The molecule has 9 heteroatoms. The average Bonchev–Trinajstić information content (AvgIpc) is 3.50. The highest BCUT2D eigenvalue weighted by atomic mass is 16.5. The molecule has 164 valence electrons. The van der Waals surface area contributed by atoms with Gasteiger partial charge in [-0.05, 0) is 51.0 Å². The second-order valence-corrected chi connectivity index (χ2v) is 7.70. The number of carbonyl (C=O) groups is 1. The molecule has 9 nitrogen and oxygen atoms in total. The molecule has 3 aromatic rings. The van der Waals surface area contributed by atoms with Crippen LogP contribution < -0.4 is 4.90 Å². The fourth-order valence-electron chi connectivity index (χ4n) is 3.97. The van der Waals surface area contributed by atoms with Crippen LogP contribution in [0.1, 0.15) is 55.8 Å². The lowest BCUT2D eigenvalue weighted by molar-refractivity contribution is 0.0689. The van der Waals surface area contributed by atoms with Gasteiger partial charge < -0.3 is 14.3 Å². The number of anilines is 1. The van der Waals surface area contributed by atoms with E-state index >= 15 is 0 Å². The summed E-state index contributed by atoms with van der Waals surface area (Å²) in [6.07, 6.45) is 4.22. The van der Waals surface area contributed by atoms with Crippen molar-refractivity contribution in [2.24, 2.45) is 0 Å². The van der Waals surface area contributed by atoms with E-state index in [0.29, 0.717) is 36.9 Å². The lowest BCUT2D eigenvalue weighted by Gasteiger charge is -2.32. The Morgan fingerprint density at radius 2 is 1.84 bits per heavy atom. The Kier molecular flexibility index (Phi) is 6.29.